The highest BCUT2D eigenvalue weighted by Crippen LogP contribution is 2.28. The van der Waals surface area contributed by atoms with E-state index in [0.717, 1.165) is 21.9 Å². The minimum atomic E-state index is -0.548. The zero-order valence-corrected chi connectivity index (χ0v) is 17.8. The molecule has 0 N–H and O–H groups in total. The lowest BCUT2D eigenvalue weighted by Crippen LogP contribution is -2.61. The molecular weight excluding hydrogens is 394 g/mol. The molecule has 3 heterocycles. The van der Waals surface area contributed by atoms with Gasteiger partial charge >= 0.3 is 12.0 Å². The number of amidine groups is 1. The maximum Gasteiger partial charge on any atom is 0.397 e. The third kappa shape index (κ3) is 3.15. The number of carbonyl (C=O) groups is 2. The molecule has 8 nitrogen and oxygen atoms in total. The molecule has 0 saturated carbocycles. The number of hydrogen-bond acceptors (Lipinski definition) is 5. The number of benzene rings is 2. The third-order valence-corrected chi connectivity index (χ3v) is 5.93. The number of hydrogen-bond donors (Lipinski definition) is 0. The van der Waals surface area contributed by atoms with Crippen molar-refractivity contribution in [2.75, 3.05) is 32.1 Å². The molecule has 2 aromatic rings. The predicted octanol–water partition coefficient (Wildman–Crippen LogP) is 2.07. The fourth-order valence-corrected chi connectivity index (χ4v) is 4.29. The van der Waals surface area contributed by atoms with E-state index in [1.165, 1.54) is 17.5 Å². The number of imide groups is 1. The SMILES string of the molecule is Cc1cccc(COc2cccc(N3CC[N+]4=C3N=C3C4C(=O)N(C)C(=O)N3C)c2)c1. The number of ether oxygens (including phenoxy) is 1. The van der Waals surface area contributed by atoms with Gasteiger partial charge in [-0.2, -0.15) is 0 Å². The molecule has 0 bridgehead atoms. The molecule has 2 aromatic carbocycles. The van der Waals surface area contributed by atoms with Crippen molar-refractivity contribution in [3.8, 4) is 5.75 Å². The van der Waals surface area contributed by atoms with Crippen molar-refractivity contribution in [2.45, 2.75) is 19.6 Å². The highest BCUT2D eigenvalue weighted by Gasteiger charge is 2.54. The van der Waals surface area contributed by atoms with Crippen LogP contribution in [0.15, 0.2) is 53.5 Å². The van der Waals surface area contributed by atoms with E-state index < -0.39 is 6.04 Å². The number of nitrogens with zero attached hydrogens (tertiary/aromatic N) is 5. The summed E-state index contributed by atoms with van der Waals surface area (Å²) in [5.41, 5.74) is 3.26. The van der Waals surface area contributed by atoms with Gasteiger partial charge in [0, 0.05) is 20.2 Å². The summed E-state index contributed by atoms with van der Waals surface area (Å²) in [5.74, 6) is 1.71. The van der Waals surface area contributed by atoms with Crippen LogP contribution >= 0.6 is 0 Å². The molecule has 3 aliphatic rings. The topological polar surface area (TPSA) is 68.5 Å². The first-order valence-corrected chi connectivity index (χ1v) is 10.3. The van der Waals surface area contributed by atoms with Gasteiger partial charge in [-0.1, -0.05) is 40.9 Å². The van der Waals surface area contributed by atoms with Crippen LogP contribution in [-0.4, -0.2) is 71.3 Å². The quantitative estimate of drug-likeness (QED) is 0.713. The first-order valence-electron chi connectivity index (χ1n) is 10.3. The number of anilines is 1. The summed E-state index contributed by atoms with van der Waals surface area (Å²) in [7, 11) is 3.17. The first kappa shape index (κ1) is 19.3. The van der Waals surface area contributed by atoms with Crippen LogP contribution in [0.4, 0.5) is 10.5 Å². The molecule has 31 heavy (non-hydrogen) atoms. The normalized spacial score (nSPS) is 20.3. The Morgan fingerprint density at radius 1 is 1.10 bits per heavy atom. The fraction of sp³-hybridized carbons (Fsp3) is 0.304. The zero-order chi connectivity index (χ0) is 21.7. The Kier molecular flexibility index (Phi) is 4.50. The molecule has 3 amide bonds. The summed E-state index contributed by atoms with van der Waals surface area (Å²) >= 11 is 0. The van der Waals surface area contributed by atoms with E-state index in [4.69, 9.17) is 4.74 Å². The molecular formula is C23H24N5O3+. The van der Waals surface area contributed by atoms with E-state index in [9.17, 15) is 9.59 Å². The molecule has 8 heteroatoms. The van der Waals surface area contributed by atoms with Gasteiger partial charge in [-0.15, -0.1) is 0 Å². The number of amides is 3. The van der Waals surface area contributed by atoms with Crippen LogP contribution in [0, 0.1) is 6.92 Å². The van der Waals surface area contributed by atoms with Crippen LogP contribution in [-0.2, 0) is 11.4 Å². The summed E-state index contributed by atoms with van der Waals surface area (Å²) in [6, 6.07) is 15.2. The van der Waals surface area contributed by atoms with Gasteiger partial charge in [-0.05, 0) is 24.6 Å². The van der Waals surface area contributed by atoms with Crippen molar-refractivity contribution in [1.82, 2.24) is 9.80 Å². The molecule has 0 aromatic heterocycles. The summed E-state index contributed by atoms with van der Waals surface area (Å²) in [4.78, 5) is 34.4. The molecule has 1 atom stereocenters. The lowest BCUT2D eigenvalue weighted by molar-refractivity contribution is -0.525. The highest BCUT2D eigenvalue weighted by molar-refractivity contribution is 6.24. The summed E-state index contributed by atoms with van der Waals surface area (Å²) in [5, 5.41) is 0. The van der Waals surface area contributed by atoms with Gasteiger partial charge < -0.3 is 4.74 Å². The van der Waals surface area contributed by atoms with Gasteiger partial charge in [0.15, 0.2) is 0 Å². The van der Waals surface area contributed by atoms with Gasteiger partial charge in [-0.3, -0.25) is 14.6 Å². The number of urea groups is 1. The number of guanidine groups is 1. The third-order valence-electron chi connectivity index (χ3n) is 5.93. The number of rotatable bonds is 4. The monoisotopic (exact) mass is 418 g/mol. The predicted molar refractivity (Wildman–Crippen MR) is 117 cm³/mol. The van der Waals surface area contributed by atoms with Crippen molar-refractivity contribution in [1.29, 1.82) is 0 Å². The van der Waals surface area contributed by atoms with Crippen LogP contribution in [0.25, 0.3) is 0 Å². The molecule has 1 saturated heterocycles. The summed E-state index contributed by atoms with van der Waals surface area (Å²) in [6.07, 6.45) is 0. The average Bonchev–Trinajstić information content (AvgIpc) is 3.34. The zero-order valence-electron chi connectivity index (χ0n) is 17.8. The first-order chi connectivity index (χ1) is 14.9. The van der Waals surface area contributed by atoms with Crippen LogP contribution < -0.4 is 9.64 Å². The summed E-state index contributed by atoms with van der Waals surface area (Å²) in [6.45, 7) is 3.92. The van der Waals surface area contributed by atoms with Crippen LogP contribution in [0.2, 0.25) is 0 Å². The standard InChI is InChI=1S/C23H24N5O3/c1-15-6-4-7-16(12-15)14-31-18-9-5-8-17(13-18)27-10-11-28-19-20(24-22(27)28)25(2)23(30)26(3)21(19)29/h4-9,12-13,19H,10-11,14H2,1-3H3/q+1. The number of carbonyl (C=O) groups excluding carboxylic acids is 2. The van der Waals surface area contributed by atoms with E-state index in [1.807, 2.05) is 41.0 Å². The number of likely N-dealkylation sites (N-methyl/N-ethyl adjacent to an activating group) is 2. The van der Waals surface area contributed by atoms with Crippen molar-refractivity contribution >= 4 is 29.4 Å². The van der Waals surface area contributed by atoms with E-state index in [-0.39, 0.29) is 11.9 Å². The highest BCUT2D eigenvalue weighted by atomic mass is 16.5. The van der Waals surface area contributed by atoms with Crippen LogP contribution in [0.1, 0.15) is 11.1 Å². The second kappa shape index (κ2) is 7.23. The Labute approximate surface area is 180 Å². The van der Waals surface area contributed by atoms with Gasteiger partial charge in [0.2, 0.25) is 11.9 Å². The molecule has 5 rings (SSSR count). The fourth-order valence-electron chi connectivity index (χ4n) is 4.29. The van der Waals surface area contributed by atoms with Crippen molar-refractivity contribution in [2.24, 2.45) is 4.99 Å². The van der Waals surface area contributed by atoms with Crippen molar-refractivity contribution in [3.05, 3.63) is 59.7 Å². The molecule has 0 aliphatic carbocycles. The molecule has 1 unspecified atom stereocenters. The van der Waals surface area contributed by atoms with Gasteiger partial charge in [0.25, 0.3) is 5.91 Å². The Morgan fingerprint density at radius 2 is 1.90 bits per heavy atom. The molecule has 0 spiro atoms. The Hall–Kier alpha value is -3.68. The van der Waals surface area contributed by atoms with E-state index in [2.05, 4.69) is 28.9 Å². The van der Waals surface area contributed by atoms with Crippen LogP contribution in [0.5, 0.6) is 5.75 Å². The van der Waals surface area contributed by atoms with Gasteiger partial charge in [0.1, 0.15) is 24.6 Å². The van der Waals surface area contributed by atoms with Crippen LogP contribution in [0.3, 0.4) is 0 Å². The lowest BCUT2D eigenvalue weighted by atomic mass is 10.1. The average molecular weight is 418 g/mol. The lowest BCUT2D eigenvalue weighted by Gasteiger charge is -2.31. The van der Waals surface area contributed by atoms with E-state index >= 15 is 0 Å². The molecule has 0 radical (unpaired) electrons. The maximum atomic E-state index is 12.8. The number of aliphatic imine (C=N–C) groups is 1. The second-order valence-electron chi connectivity index (χ2n) is 8.03. The number of fused-ring (bicyclic) bond motifs is 2. The minimum absolute atomic E-state index is 0.242. The largest absolute Gasteiger partial charge is 0.489 e. The van der Waals surface area contributed by atoms with Gasteiger partial charge in [0.05, 0.1) is 6.54 Å². The van der Waals surface area contributed by atoms with Crippen molar-refractivity contribution < 1.29 is 18.9 Å². The number of aryl methyl sites for hydroxylation is 1. The Bertz CT molecular complexity index is 1160. The maximum absolute atomic E-state index is 12.8. The van der Waals surface area contributed by atoms with Crippen molar-refractivity contribution in [3.63, 3.8) is 0 Å². The molecule has 158 valence electrons. The minimum Gasteiger partial charge on any atom is -0.489 e. The van der Waals surface area contributed by atoms with E-state index in [1.54, 1.807) is 7.05 Å². The Balaban J connectivity index is 1.39. The van der Waals surface area contributed by atoms with E-state index in [0.29, 0.717) is 31.5 Å². The molecule has 3 aliphatic heterocycles. The summed E-state index contributed by atoms with van der Waals surface area (Å²) < 4.78 is 7.99. The van der Waals surface area contributed by atoms with Gasteiger partial charge in [-0.25, -0.2) is 14.3 Å². The Morgan fingerprint density at radius 3 is 2.71 bits per heavy atom. The smallest absolute Gasteiger partial charge is 0.397 e. The second-order valence-corrected chi connectivity index (χ2v) is 8.03. The molecule has 1 fully saturated rings.